The molecule has 0 amide bonds. The van der Waals surface area contributed by atoms with Crippen molar-refractivity contribution in [3.8, 4) is 5.75 Å². The molecule has 0 radical (unpaired) electrons. The van der Waals surface area contributed by atoms with Gasteiger partial charge in [0.2, 0.25) is 0 Å². The van der Waals surface area contributed by atoms with Crippen molar-refractivity contribution in [3.05, 3.63) is 64.5 Å². The molecule has 0 saturated carbocycles. The number of fused-ring (bicyclic) bond motifs is 3. The second-order valence-corrected chi connectivity index (χ2v) is 6.82. The Morgan fingerprint density at radius 1 is 1.16 bits per heavy atom. The number of aryl methyl sites for hydroxylation is 1. The Bertz CT molecular complexity index is 1060. The Morgan fingerprint density at radius 3 is 2.72 bits per heavy atom. The highest BCUT2D eigenvalue weighted by Gasteiger charge is 2.11. The summed E-state index contributed by atoms with van der Waals surface area (Å²) >= 11 is 3.56. The lowest BCUT2D eigenvalue weighted by Crippen LogP contribution is -2.05. The van der Waals surface area contributed by atoms with E-state index in [4.69, 9.17) is 9.72 Å². The molecule has 0 spiro atoms. The summed E-state index contributed by atoms with van der Waals surface area (Å²) in [6, 6.07) is 12.1. The van der Waals surface area contributed by atoms with E-state index in [9.17, 15) is 0 Å². The van der Waals surface area contributed by atoms with Gasteiger partial charge in [-0.25, -0.2) is 9.97 Å². The van der Waals surface area contributed by atoms with Gasteiger partial charge in [0, 0.05) is 11.0 Å². The summed E-state index contributed by atoms with van der Waals surface area (Å²) in [7, 11) is 1.67. The van der Waals surface area contributed by atoms with Gasteiger partial charge in [-0.2, -0.15) is 0 Å². The topological polar surface area (TPSA) is 51.5 Å². The average Bonchev–Trinajstić information content (AvgIpc) is 3.11. The van der Waals surface area contributed by atoms with E-state index >= 15 is 0 Å². The molecule has 2 aromatic carbocycles. The first-order valence-corrected chi connectivity index (χ1v) is 8.74. The van der Waals surface area contributed by atoms with Crippen molar-refractivity contribution in [2.75, 3.05) is 12.4 Å². The molecule has 25 heavy (non-hydrogen) atoms. The monoisotopic (exact) mass is 396 g/mol. The van der Waals surface area contributed by atoms with Gasteiger partial charge in [0.15, 0.2) is 5.82 Å². The molecule has 0 unspecified atom stereocenters. The number of hydrogen-bond acceptors (Lipinski definition) is 4. The number of halogens is 1. The number of benzene rings is 2. The van der Waals surface area contributed by atoms with E-state index in [-0.39, 0.29) is 0 Å². The van der Waals surface area contributed by atoms with Crippen LogP contribution in [-0.2, 0) is 6.54 Å². The molecule has 0 aliphatic heterocycles. The van der Waals surface area contributed by atoms with Gasteiger partial charge < -0.3 is 10.1 Å². The van der Waals surface area contributed by atoms with Crippen LogP contribution in [0.25, 0.3) is 16.6 Å². The van der Waals surface area contributed by atoms with Crippen molar-refractivity contribution in [3.63, 3.8) is 0 Å². The number of methoxy groups -OCH3 is 1. The normalized spacial score (nSPS) is 11.2. The van der Waals surface area contributed by atoms with E-state index in [1.807, 2.05) is 36.8 Å². The van der Waals surface area contributed by atoms with Crippen LogP contribution in [0, 0.1) is 6.92 Å². The Kier molecular flexibility index (Phi) is 4.05. The van der Waals surface area contributed by atoms with Crippen LogP contribution in [0.2, 0.25) is 0 Å². The van der Waals surface area contributed by atoms with Crippen molar-refractivity contribution in [2.24, 2.45) is 0 Å². The summed E-state index contributed by atoms with van der Waals surface area (Å²) in [5.74, 6) is 1.68. The zero-order valence-electron chi connectivity index (χ0n) is 14.0. The molecular weight excluding hydrogens is 380 g/mol. The molecule has 0 fully saturated rings. The predicted molar refractivity (Wildman–Crippen MR) is 103 cm³/mol. The Labute approximate surface area is 153 Å². The molecule has 4 rings (SSSR count). The van der Waals surface area contributed by atoms with Gasteiger partial charge in [-0.05, 0) is 42.3 Å². The van der Waals surface area contributed by atoms with Gasteiger partial charge in [-0.15, -0.1) is 0 Å². The van der Waals surface area contributed by atoms with Gasteiger partial charge in [0.25, 0.3) is 0 Å². The minimum Gasteiger partial charge on any atom is -0.497 e. The van der Waals surface area contributed by atoms with E-state index in [1.165, 1.54) is 0 Å². The fourth-order valence-corrected chi connectivity index (χ4v) is 3.50. The Hall–Kier alpha value is -2.60. The second kappa shape index (κ2) is 6.37. The molecule has 0 saturated heterocycles. The third-order valence-electron chi connectivity index (χ3n) is 4.23. The maximum atomic E-state index is 5.20. The first-order chi connectivity index (χ1) is 12.2. The fraction of sp³-hybridized carbons (Fsp3) is 0.158. The van der Waals surface area contributed by atoms with Gasteiger partial charge >= 0.3 is 0 Å². The molecular formula is C19H17BrN4O. The van der Waals surface area contributed by atoms with Crippen molar-refractivity contribution in [1.82, 2.24) is 14.4 Å². The van der Waals surface area contributed by atoms with E-state index in [1.54, 1.807) is 7.11 Å². The number of nitrogens with zero attached hydrogens (tertiary/aromatic N) is 3. The van der Waals surface area contributed by atoms with Crippen molar-refractivity contribution >= 4 is 38.3 Å². The Balaban J connectivity index is 1.74. The number of aromatic nitrogens is 3. The highest BCUT2D eigenvalue weighted by atomic mass is 79.9. The zero-order chi connectivity index (χ0) is 17.4. The van der Waals surface area contributed by atoms with E-state index in [0.29, 0.717) is 6.54 Å². The molecule has 0 aliphatic carbocycles. The van der Waals surface area contributed by atoms with Crippen LogP contribution in [0.5, 0.6) is 5.75 Å². The zero-order valence-corrected chi connectivity index (χ0v) is 15.5. The second-order valence-electron chi connectivity index (χ2n) is 5.90. The SMILES string of the molecule is COc1ccc(CNc2nc3c(C)cc(Br)cc3n3cncc23)cc1. The quantitative estimate of drug-likeness (QED) is 0.548. The summed E-state index contributed by atoms with van der Waals surface area (Å²) in [5, 5.41) is 3.44. The molecule has 2 aromatic heterocycles. The molecule has 5 nitrogen and oxygen atoms in total. The number of hydrogen-bond donors (Lipinski definition) is 1. The van der Waals surface area contributed by atoms with Crippen molar-refractivity contribution in [1.29, 1.82) is 0 Å². The van der Waals surface area contributed by atoms with Crippen LogP contribution in [0.3, 0.4) is 0 Å². The minimum atomic E-state index is 0.679. The molecule has 6 heteroatoms. The smallest absolute Gasteiger partial charge is 0.153 e. The lowest BCUT2D eigenvalue weighted by atomic mass is 10.2. The summed E-state index contributed by atoms with van der Waals surface area (Å²) in [6.45, 7) is 2.75. The number of ether oxygens (including phenoxy) is 1. The van der Waals surface area contributed by atoms with Crippen LogP contribution in [0.1, 0.15) is 11.1 Å². The van der Waals surface area contributed by atoms with Gasteiger partial charge in [-0.3, -0.25) is 4.40 Å². The number of nitrogens with one attached hydrogen (secondary N) is 1. The molecule has 4 aromatic rings. The molecule has 126 valence electrons. The van der Waals surface area contributed by atoms with E-state index in [0.717, 1.165) is 43.7 Å². The lowest BCUT2D eigenvalue weighted by molar-refractivity contribution is 0.414. The van der Waals surface area contributed by atoms with E-state index < -0.39 is 0 Å². The first-order valence-electron chi connectivity index (χ1n) is 7.94. The molecule has 0 bridgehead atoms. The number of anilines is 1. The van der Waals surface area contributed by atoms with Crippen LogP contribution in [0.15, 0.2) is 53.4 Å². The third kappa shape index (κ3) is 2.93. The summed E-state index contributed by atoms with van der Waals surface area (Å²) in [6.07, 6.45) is 3.66. The van der Waals surface area contributed by atoms with Crippen molar-refractivity contribution < 1.29 is 4.74 Å². The van der Waals surface area contributed by atoms with Crippen molar-refractivity contribution in [2.45, 2.75) is 13.5 Å². The molecule has 1 N–H and O–H groups in total. The lowest BCUT2D eigenvalue weighted by Gasteiger charge is -2.12. The standard InChI is InChI=1S/C19H17BrN4O/c1-12-7-14(20)8-16-18(12)23-19(17-10-21-11-24(16)17)22-9-13-3-5-15(25-2)6-4-13/h3-8,10-11H,9H2,1-2H3,(H,22,23). The highest BCUT2D eigenvalue weighted by molar-refractivity contribution is 9.10. The first kappa shape index (κ1) is 15.9. The number of rotatable bonds is 4. The van der Waals surface area contributed by atoms with Crippen LogP contribution >= 0.6 is 15.9 Å². The molecule has 0 atom stereocenters. The average molecular weight is 397 g/mol. The maximum Gasteiger partial charge on any atom is 0.153 e. The van der Waals surface area contributed by atoms with Crippen LogP contribution < -0.4 is 10.1 Å². The van der Waals surface area contributed by atoms with E-state index in [2.05, 4.69) is 49.7 Å². The highest BCUT2D eigenvalue weighted by Crippen LogP contribution is 2.27. The summed E-state index contributed by atoms with van der Waals surface area (Å²) in [4.78, 5) is 9.15. The maximum absolute atomic E-state index is 5.20. The van der Waals surface area contributed by atoms with Crippen LogP contribution in [0.4, 0.5) is 5.82 Å². The summed E-state index contributed by atoms with van der Waals surface area (Å²) in [5.41, 5.74) is 5.24. The molecule has 0 aliphatic rings. The molecule has 2 heterocycles. The number of imidazole rings is 1. The van der Waals surface area contributed by atoms with Gasteiger partial charge in [-0.1, -0.05) is 28.1 Å². The van der Waals surface area contributed by atoms with Crippen LogP contribution in [-0.4, -0.2) is 21.5 Å². The predicted octanol–water partition coefficient (Wildman–Crippen LogP) is 4.57. The summed E-state index contributed by atoms with van der Waals surface area (Å²) < 4.78 is 8.30. The van der Waals surface area contributed by atoms with Gasteiger partial charge in [0.05, 0.1) is 30.7 Å². The fourth-order valence-electron chi connectivity index (χ4n) is 2.94. The Morgan fingerprint density at radius 2 is 1.96 bits per heavy atom. The minimum absolute atomic E-state index is 0.679. The third-order valence-corrected chi connectivity index (χ3v) is 4.69. The largest absolute Gasteiger partial charge is 0.497 e. The van der Waals surface area contributed by atoms with Gasteiger partial charge in [0.1, 0.15) is 11.3 Å².